The first-order chi connectivity index (χ1) is 18.8. The summed E-state index contributed by atoms with van der Waals surface area (Å²) in [6, 6.07) is 0. The Labute approximate surface area is 249 Å². The molecule has 0 heteroatoms. The Morgan fingerprint density at radius 3 is 2.05 bits per heavy atom. The third-order valence-electron chi connectivity index (χ3n) is 9.54. The minimum Gasteiger partial charge on any atom is -0.0853 e. The van der Waals surface area contributed by atoms with Crippen LogP contribution in [-0.2, 0) is 0 Å². The molecule has 0 aliphatic heterocycles. The fourth-order valence-corrected chi connectivity index (χ4v) is 6.67. The monoisotopic (exact) mass is 542 g/mol. The lowest BCUT2D eigenvalue weighted by Gasteiger charge is -2.38. The molecule has 0 aromatic carbocycles. The van der Waals surface area contributed by atoms with Crippen molar-refractivity contribution in [2.45, 2.75) is 140 Å². The van der Waals surface area contributed by atoms with Gasteiger partial charge in [-0.15, -0.1) is 0 Å². The first kappa shape index (κ1) is 34.1. The van der Waals surface area contributed by atoms with Crippen LogP contribution in [0.4, 0.5) is 0 Å². The number of hydrogen-bond acceptors (Lipinski definition) is 0. The van der Waals surface area contributed by atoms with E-state index in [9.17, 15) is 0 Å². The van der Waals surface area contributed by atoms with E-state index in [0.717, 1.165) is 31.6 Å². The molecule has 0 unspecified atom stereocenters. The Bertz CT molecular complexity index is 1070. The molecular formula is C40H62. The molecule has 0 N–H and O–H groups in total. The van der Waals surface area contributed by atoms with Crippen molar-refractivity contribution in [1.29, 1.82) is 0 Å². The van der Waals surface area contributed by atoms with Crippen molar-refractivity contribution >= 4 is 0 Å². The zero-order valence-corrected chi connectivity index (χ0v) is 28.1. The SMILES string of the molecule is CC1=CCCC(C)(C)[C@H]1CC/C(C)=C/CC/C(C)=C/C=C/C=C(\C)CC/C=C(C)/C=C/C1=C(C)CCCC1(C)C. The van der Waals surface area contributed by atoms with Crippen molar-refractivity contribution in [2.75, 3.05) is 0 Å². The molecule has 0 spiro atoms. The summed E-state index contributed by atoms with van der Waals surface area (Å²) < 4.78 is 0. The Kier molecular flexibility index (Phi) is 14.0. The molecule has 0 aromatic heterocycles. The van der Waals surface area contributed by atoms with Crippen molar-refractivity contribution in [3.8, 4) is 0 Å². The van der Waals surface area contributed by atoms with E-state index in [1.807, 2.05) is 0 Å². The van der Waals surface area contributed by atoms with Crippen molar-refractivity contribution in [2.24, 2.45) is 16.7 Å². The van der Waals surface area contributed by atoms with Crippen LogP contribution in [0.2, 0.25) is 0 Å². The van der Waals surface area contributed by atoms with Crippen LogP contribution in [0.1, 0.15) is 140 Å². The molecule has 222 valence electrons. The highest BCUT2D eigenvalue weighted by molar-refractivity contribution is 5.36. The van der Waals surface area contributed by atoms with E-state index in [4.69, 9.17) is 0 Å². The maximum absolute atomic E-state index is 2.47. The smallest absolute Gasteiger partial charge is 0.0104 e. The van der Waals surface area contributed by atoms with Gasteiger partial charge in [0, 0.05) is 0 Å². The maximum Gasteiger partial charge on any atom is -0.0104 e. The molecule has 40 heavy (non-hydrogen) atoms. The lowest BCUT2D eigenvalue weighted by atomic mass is 9.67. The predicted octanol–water partition coefficient (Wildman–Crippen LogP) is 13.1. The van der Waals surface area contributed by atoms with Gasteiger partial charge >= 0.3 is 0 Å². The summed E-state index contributed by atoms with van der Waals surface area (Å²) in [5.74, 6) is 0.742. The topological polar surface area (TPSA) is 0 Å². The molecule has 2 aliphatic carbocycles. The van der Waals surface area contributed by atoms with Crippen LogP contribution in [0.15, 0.2) is 93.7 Å². The van der Waals surface area contributed by atoms with E-state index in [1.54, 1.807) is 22.3 Å². The normalized spacial score (nSPS) is 22.9. The van der Waals surface area contributed by atoms with Crippen LogP contribution in [0.25, 0.3) is 0 Å². The predicted molar refractivity (Wildman–Crippen MR) is 182 cm³/mol. The Hall–Kier alpha value is -2.08. The summed E-state index contributed by atoms with van der Waals surface area (Å²) in [5.41, 5.74) is 11.3. The van der Waals surface area contributed by atoms with Crippen molar-refractivity contribution < 1.29 is 0 Å². The fourth-order valence-electron chi connectivity index (χ4n) is 6.67. The molecule has 0 saturated carbocycles. The summed E-state index contributed by atoms with van der Waals surface area (Å²) in [6.45, 7) is 23.4. The Balaban J connectivity index is 1.73. The first-order valence-corrected chi connectivity index (χ1v) is 16.2. The van der Waals surface area contributed by atoms with E-state index >= 15 is 0 Å². The Morgan fingerprint density at radius 1 is 0.825 bits per heavy atom. The number of hydrogen-bond donors (Lipinski definition) is 0. The zero-order chi connectivity index (χ0) is 29.8. The molecule has 2 aliphatic rings. The minimum atomic E-state index is 0.316. The molecule has 0 nitrogen and oxygen atoms in total. The zero-order valence-electron chi connectivity index (χ0n) is 28.1. The van der Waals surface area contributed by atoms with Crippen LogP contribution in [-0.4, -0.2) is 0 Å². The standard InChI is InChI=1S/C40H62/c1-31(19-13-21-33(3)25-27-37-35(5)23-15-29-39(37,7)8)17-11-12-18-32(2)20-14-22-34(4)26-28-38-36(6)24-16-30-40(38,9)10/h11-12,17-18,21-23,26,28,37H,13-16,19-20,24-25,27,29-30H2,1-10H3/b12-11+,28-26+,31-17+,32-18+,33-21+,34-22+/t37-/m0/s1. The van der Waals surface area contributed by atoms with Crippen LogP contribution >= 0.6 is 0 Å². The van der Waals surface area contributed by atoms with Gasteiger partial charge in [0.15, 0.2) is 0 Å². The average Bonchev–Trinajstić information content (AvgIpc) is 2.85. The maximum atomic E-state index is 2.47. The summed E-state index contributed by atoms with van der Waals surface area (Å²) >= 11 is 0. The van der Waals surface area contributed by atoms with Crippen LogP contribution < -0.4 is 0 Å². The van der Waals surface area contributed by atoms with Crippen LogP contribution in [0.3, 0.4) is 0 Å². The minimum absolute atomic E-state index is 0.316. The van der Waals surface area contributed by atoms with Gasteiger partial charge in [-0.3, -0.25) is 0 Å². The molecule has 1 atom stereocenters. The lowest BCUT2D eigenvalue weighted by molar-refractivity contribution is 0.204. The molecule has 0 saturated heterocycles. The lowest BCUT2D eigenvalue weighted by Crippen LogP contribution is -2.27. The number of allylic oxidation sites excluding steroid dienone is 16. The molecule has 0 aromatic rings. The summed E-state index contributed by atoms with van der Waals surface area (Å²) in [7, 11) is 0. The second-order valence-electron chi connectivity index (χ2n) is 14.3. The van der Waals surface area contributed by atoms with Gasteiger partial charge in [-0.25, -0.2) is 0 Å². The van der Waals surface area contributed by atoms with Gasteiger partial charge in [0.1, 0.15) is 0 Å². The molecule has 0 fully saturated rings. The molecular weight excluding hydrogens is 480 g/mol. The molecule has 0 radical (unpaired) electrons. The molecule has 0 amide bonds. The second-order valence-corrected chi connectivity index (χ2v) is 14.3. The average molecular weight is 543 g/mol. The Morgan fingerprint density at radius 2 is 1.45 bits per heavy atom. The van der Waals surface area contributed by atoms with Gasteiger partial charge < -0.3 is 0 Å². The fraction of sp³-hybridized carbons (Fsp3) is 0.600. The molecule has 2 rings (SSSR count). The summed E-state index contributed by atoms with van der Waals surface area (Å²) in [4.78, 5) is 0. The van der Waals surface area contributed by atoms with Gasteiger partial charge in [-0.1, -0.05) is 116 Å². The highest BCUT2D eigenvalue weighted by Gasteiger charge is 2.32. The van der Waals surface area contributed by atoms with Gasteiger partial charge in [-0.05, 0) is 134 Å². The van der Waals surface area contributed by atoms with E-state index in [1.165, 1.54) is 61.7 Å². The van der Waals surface area contributed by atoms with Crippen LogP contribution in [0.5, 0.6) is 0 Å². The third-order valence-corrected chi connectivity index (χ3v) is 9.54. The molecule has 0 bridgehead atoms. The second kappa shape index (κ2) is 16.4. The van der Waals surface area contributed by atoms with E-state index < -0.39 is 0 Å². The van der Waals surface area contributed by atoms with Gasteiger partial charge in [0.25, 0.3) is 0 Å². The van der Waals surface area contributed by atoms with E-state index in [0.29, 0.717) is 10.8 Å². The molecule has 0 heterocycles. The largest absolute Gasteiger partial charge is 0.0853 e. The third kappa shape index (κ3) is 11.8. The van der Waals surface area contributed by atoms with Gasteiger partial charge in [0.2, 0.25) is 0 Å². The summed E-state index contributed by atoms with van der Waals surface area (Å²) in [6.07, 6.45) is 34.5. The van der Waals surface area contributed by atoms with Crippen LogP contribution in [0, 0.1) is 16.7 Å². The van der Waals surface area contributed by atoms with Crippen molar-refractivity contribution in [3.05, 3.63) is 93.7 Å². The van der Waals surface area contributed by atoms with Crippen molar-refractivity contribution in [3.63, 3.8) is 0 Å². The van der Waals surface area contributed by atoms with E-state index in [-0.39, 0.29) is 0 Å². The van der Waals surface area contributed by atoms with E-state index in [2.05, 4.69) is 124 Å². The van der Waals surface area contributed by atoms with Gasteiger partial charge in [0.05, 0.1) is 0 Å². The highest BCUT2D eigenvalue weighted by Crippen LogP contribution is 2.44. The van der Waals surface area contributed by atoms with Gasteiger partial charge in [-0.2, -0.15) is 0 Å². The first-order valence-electron chi connectivity index (χ1n) is 16.2. The van der Waals surface area contributed by atoms with Crippen molar-refractivity contribution in [1.82, 2.24) is 0 Å². The number of rotatable bonds is 13. The quantitative estimate of drug-likeness (QED) is 0.160. The highest BCUT2D eigenvalue weighted by atomic mass is 14.4. The summed E-state index contributed by atoms with van der Waals surface area (Å²) in [5, 5.41) is 0.